The zero-order valence-electron chi connectivity index (χ0n) is 27.4. The standard InChI is InChI=1S/C34H38Cl2F3N5O3.H2S2/c1-33(2,3)47-32(45)40-12-5-13-44-22-27(24-8-10-25(11-9-24)46-34(37,38)39)26-18-23(19-41-31(26)44)20-42-14-16-43(17-15-42)21-28-29(35)6-4-7-30(28)36;1-2/h4,6-11,18-19,22H,5,12-17,20-21H2,1-3H3,(H,40,45);1-2H. The molecule has 1 N–H and O–H groups in total. The van der Waals surface area contributed by atoms with E-state index in [-0.39, 0.29) is 5.75 Å². The summed E-state index contributed by atoms with van der Waals surface area (Å²) in [6.45, 7) is 11.2. The van der Waals surface area contributed by atoms with Crippen molar-refractivity contribution in [1.82, 2.24) is 24.7 Å². The van der Waals surface area contributed by atoms with E-state index < -0.39 is 18.1 Å². The monoisotopic (exact) mass is 757 g/mol. The second kappa shape index (κ2) is 17.4. The molecule has 1 aliphatic heterocycles. The number of piperazine rings is 1. The summed E-state index contributed by atoms with van der Waals surface area (Å²) in [5, 5.41) is 5.00. The summed E-state index contributed by atoms with van der Waals surface area (Å²) < 4.78 is 49.7. The third-order valence-corrected chi connectivity index (χ3v) is 8.44. The number of hydrogen-bond acceptors (Lipinski definition) is 8. The maximum absolute atomic E-state index is 12.8. The smallest absolute Gasteiger partial charge is 0.444 e. The van der Waals surface area contributed by atoms with Gasteiger partial charge in [0, 0.05) is 91.3 Å². The normalized spacial score (nSPS) is 14.3. The predicted molar refractivity (Wildman–Crippen MR) is 196 cm³/mol. The number of rotatable bonds is 10. The van der Waals surface area contributed by atoms with Crippen LogP contribution in [-0.4, -0.2) is 70.1 Å². The number of aromatic nitrogens is 2. The number of thiol groups is 2. The quantitative estimate of drug-likeness (QED) is 0.0853. The number of carbonyl (C=O) groups excluding carboxylic acids is 1. The Hall–Kier alpha value is -2.81. The topological polar surface area (TPSA) is 71.9 Å². The number of alkyl carbamates (subject to hydrolysis) is 1. The molecule has 1 saturated heterocycles. The molecule has 0 unspecified atom stereocenters. The predicted octanol–water partition coefficient (Wildman–Crippen LogP) is 8.90. The van der Waals surface area contributed by atoms with Gasteiger partial charge in [-0.1, -0.05) is 41.4 Å². The van der Waals surface area contributed by atoms with Crippen LogP contribution < -0.4 is 10.1 Å². The molecule has 0 saturated carbocycles. The number of benzene rings is 2. The van der Waals surface area contributed by atoms with Gasteiger partial charge in [0.2, 0.25) is 0 Å². The lowest BCUT2D eigenvalue weighted by molar-refractivity contribution is -0.274. The molecule has 0 bridgehead atoms. The van der Waals surface area contributed by atoms with Crippen molar-refractivity contribution in [3.05, 3.63) is 82.1 Å². The van der Waals surface area contributed by atoms with Gasteiger partial charge in [0.1, 0.15) is 17.0 Å². The van der Waals surface area contributed by atoms with Gasteiger partial charge in [0.05, 0.1) is 0 Å². The molecule has 3 heterocycles. The fourth-order valence-corrected chi connectivity index (χ4v) is 6.08. The number of pyridine rings is 1. The van der Waals surface area contributed by atoms with E-state index in [1.165, 1.54) is 12.1 Å². The first-order chi connectivity index (χ1) is 23.2. The van der Waals surface area contributed by atoms with Crippen molar-refractivity contribution in [2.75, 3.05) is 32.7 Å². The van der Waals surface area contributed by atoms with E-state index in [2.05, 4.69) is 49.2 Å². The van der Waals surface area contributed by atoms with Gasteiger partial charge >= 0.3 is 12.5 Å². The van der Waals surface area contributed by atoms with Crippen molar-refractivity contribution >= 4 is 63.7 Å². The van der Waals surface area contributed by atoms with E-state index in [0.29, 0.717) is 42.6 Å². The fraction of sp³-hybridized carbons (Fsp3) is 0.412. The number of nitrogens with one attached hydrogen (secondary N) is 1. The maximum Gasteiger partial charge on any atom is 0.573 e. The summed E-state index contributed by atoms with van der Waals surface area (Å²) in [6, 6.07) is 13.5. The highest BCUT2D eigenvalue weighted by molar-refractivity contribution is 8.59. The van der Waals surface area contributed by atoms with Crippen molar-refractivity contribution in [1.29, 1.82) is 0 Å². The van der Waals surface area contributed by atoms with Crippen LogP contribution in [0.4, 0.5) is 18.0 Å². The Morgan fingerprint density at radius 3 is 2.16 bits per heavy atom. The van der Waals surface area contributed by atoms with Crippen LogP contribution in [-0.2, 0) is 24.4 Å². The van der Waals surface area contributed by atoms with Crippen molar-refractivity contribution in [2.45, 2.75) is 58.8 Å². The molecular weight excluding hydrogens is 718 g/mol. The van der Waals surface area contributed by atoms with E-state index in [9.17, 15) is 18.0 Å². The summed E-state index contributed by atoms with van der Waals surface area (Å²) >= 11 is 19.2. The highest BCUT2D eigenvalue weighted by Gasteiger charge is 2.31. The summed E-state index contributed by atoms with van der Waals surface area (Å²) in [5.74, 6) is -0.284. The van der Waals surface area contributed by atoms with Gasteiger partial charge in [-0.3, -0.25) is 9.80 Å². The van der Waals surface area contributed by atoms with Crippen LogP contribution in [0.1, 0.15) is 38.3 Å². The SMILES string of the molecule is CC(C)(C)OC(=O)NCCCn1cc(-c2ccc(OC(F)(F)F)cc2)c2cc(CN3CCN(Cc4c(Cl)cccc4Cl)CC3)cnc21.SS. The molecule has 49 heavy (non-hydrogen) atoms. The summed E-state index contributed by atoms with van der Waals surface area (Å²) in [6.07, 6.45) is -0.802. The van der Waals surface area contributed by atoms with E-state index in [1.54, 1.807) is 32.9 Å². The van der Waals surface area contributed by atoms with Crippen LogP contribution in [0.2, 0.25) is 10.0 Å². The van der Waals surface area contributed by atoms with Gasteiger partial charge in [-0.05, 0) is 68.7 Å². The second-order valence-corrected chi connectivity index (χ2v) is 13.4. The number of alkyl halides is 3. The number of nitrogens with zero attached hydrogens (tertiary/aromatic N) is 4. The molecule has 4 aromatic rings. The molecule has 0 aliphatic carbocycles. The average molecular weight is 759 g/mol. The minimum absolute atomic E-state index is 0.284. The largest absolute Gasteiger partial charge is 0.573 e. The summed E-state index contributed by atoms with van der Waals surface area (Å²) in [5.41, 5.74) is 3.71. The lowest BCUT2D eigenvalue weighted by atomic mass is 10.0. The van der Waals surface area contributed by atoms with E-state index >= 15 is 0 Å². The van der Waals surface area contributed by atoms with Crippen molar-refractivity contribution in [3.63, 3.8) is 0 Å². The Morgan fingerprint density at radius 1 is 0.959 bits per heavy atom. The Kier molecular flexibility index (Phi) is 13.9. The third-order valence-electron chi connectivity index (χ3n) is 7.73. The van der Waals surface area contributed by atoms with Crippen LogP contribution in [0, 0.1) is 0 Å². The van der Waals surface area contributed by atoms with E-state index in [1.807, 2.05) is 35.2 Å². The lowest BCUT2D eigenvalue weighted by Gasteiger charge is -2.35. The molecule has 1 aliphatic rings. The maximum atomic E-state index is 12.8. The Morgan fingerprint density at radius 2 is 1.57 bits per heavy atom. The number of carbonyl (C=O) groups is 1. The molecule has 2 aromatic heterocycles. The highest BCUT2D eigenvalue weighted by Crippen LogP contribution is 2.33. The molecule has 2 aromatic carbocycles. The minimum Gasteiger partial charge on any atom is -0.444 e. The van der Waals surface area contributed by atoms with Gasteiger partial charge in [-0.15, -0.1) is 36.5 Å². The molecule has 1 amide bonds. The Balaban J connectivity index is 0.00000265. The molecule has 0 spiro atoms. The van der Waals surface area contributed by atoms with Gasteiger partial charge in [-0.2, -0.15) is 0 Å². The molecule has 1 fully saturated rings. The molecule has 5 rings (SSSR count). The van der Waals surface area contributed by atoms with E-state index in [0.717, 1.165) is 59.5 Å². The number of fused-ring (bicyclic) bond motifs is 1. The van der Waals surface area contributed by atoms with Gasteiger partial charge in [0.25, 0.3) is 0 Å². The Labute approximate surface area is 305 Å². The third kappa shape index (κ3) is 11.6. The molecule has 0 atom stereocenters. The molecule has 8 nitrogen and oxygen atoms in total. The van der Waals surface area contributed by atoms with Crippen molar-refractivity contribution in [3.8, 4) is 16.9 Å². The van der Waals surface area contributed by atoms with Crippen LogP contribution in [0.3, 0.4) is 0 Å². The molecular formula is C34H40Cl2F3N5O3S2. The van der Waals surface area contributed by atoms with Crippen LogP contribution in [0.25, 0.3) is 22.2 Å². The van der Waals surface area contributed by atoms with Crippen LogP contribution >= 0.6 is 46.5 Å². The zero-order chi connectivity index (χ0) is 35.8. The van der Waals surface area contributed by atoms with Crippen LogP contribution in [0.15, 0.2) is 60.9 Å². The fourth-order valence-electron chi connectivity index (χ4n) is 5.56. The van der Waals surface area contributed by atoms with Crippen molar-refractivity contribution < 1.29 is 27.4 Å². The first-order valence-electron chi connectivity index (χ1n) is 15.6. The summed E-state index contributed by atoms with van der Waals surface area (Å²) in [7, 11) is 0. The first-order valence-corrected chi connectivity index (χ1v) is 18.0. The lowest BCUT2D eigenvalue weighted by Crippen LogP contribution is -2.45. The first kappa shape index (κ1) is 39.0. The molecule has 0 radical (unpaired) electrons. The minimum atomic E-state index is -4.77. The Bertz CT molecular complexity index is 1670. The number of amides is 1. The van der Waals surface area contributed by atoms with Crippen molar-refractivity contribution in [2.24, 2.45) is 0 Å². The number of hydrogen-bond donors (Lipinski definition) is 3. The summed E-state index contributed by atoms with van der Waals surface area (Å²) in [4.78, 5) is 21.6. The second-order valence-electron chi connectivity index (χ2n) is 12.6. The van der Waals surface area contributed by atoms with Gasteiger partial charge < -0.3 is 19.4 Å². The number of ether oxygens (including phenoxy) is 2. The van der Waals surface area contributed by atoms with Crippen LogP contribution in [0.5, 0.6) is 5.75 Å². The zero-order valence-corrected chi connectivity index (χ0v) is 30.7. The molecule has 266 valence electrons. The van der Waals surface area contributed by atoms with Gasteiger partial charge in [-0.25, -0.2) is 9.78 Å². The van der Waals surface area contributed by atoms with E-state index in [4.69, 9.17) is 32.9 Å². The van der Waals surface area contributed by atoms with Gasteiger partial charge in [0.15, 0.2) is 0 Å². The highest BCUT2D eigenvalue weighted by atomic mass is 35.5. The number of halogens is 5. The number of aryl methyl sites for hydroxylation is 1. The average Bonchev–Trinajstić information content (AvgIpc) is 3.39. The molecule has 15 heteroatoms.